The molecule has 1 aliphatic heterocycles. The summed E-state index contributed by atoms with van der Waals surface area (Å²) in [6.45, 7) is 1.51. The highest BCUT2D eigenvalue weighted by Gasteiger charge is 2.40. The second-order valence-corrected chi connectivity index (χ2v) is 7.07. The predicted octanol–water partition coefficient (Wildman–Crippen LogP) is 3.28. The van der Waals surface area contributed by atoms with Crippen LogP contribution in [0.3, 0.4) is 0 Å². The first-order valence-electron chi connectivity index (χ1n) is 9.34. The normalized spacial score (nSPS) is 19.0. The number of rotatable bonds is 7. The van der Waals surface area contributed by atoms with E-state index in [1.54, 1.807) is 13.3 Å². The molecular weight excluding hydrogens is 370 g/mol. The van der Waals surface area contributed by atoms with Gasteiger partial charge in [0.05, 0.1) is 29.7 Å². The molecule has 0 radical (unpaired) electrons. The zero-order chi connectivity index (χ0) is 19.3. The first-order valence-corrected chi connectivity index (χ1v) is 9.75. The fourth-order valence-corrected chi connectivity index (χ4v) is 4.05. The Morgan fingerprint density at radius 2 is 2.07 bits per heavy atom. The molecule has 1 N–H and O–H groups in total. The molecule has 4 heterocycles. The minimum Gasteiger partial charge on any atom is -0.385 e. The van der Waals surface area contributed by atoms with Gasteiger partial charge in [0, 0.05) is 44.5 Å². The van der Waals surface area contributed by atoms with Crippen LogP contribution in [0.1, 0.15) is 29.9 Å². The van der Waals surface area contributed by atoms with E-state index in [0.29, 0.717) is 6.61 Å². The van der Waals surface area contributed by atoms with Crippen molar-refractivity contribution < 1.29 is 4.74 Å². The van der Waals surface area contributed by atoms with Crippen LogP contribution in [0.25, 0.3) is 5.69 Å². The Kier molecular flexibility index (Phi) is 5.64. The number of thiocarbonyl (C=S) groups is 1. The van der Waals surface area contributed by atoms with E-state index in [9.17, 15) is 0 Å². The van der Waals surface area contributed by atoms with Crippen molar-refractivity contribution in [2.24, 2.45) is 0 Å². The minimum atomic E-state index is -0.0263. The maximum absolute atomic E-state index is 5.70. The number of ether oxygens (including phenoxy) is 1. The van der Waals surface area contributed by atoms with E-state index in [4.69, 9.17) is 17.0 Å². The van der Waals surface area contributed by atoms with Crippen molar-refractivity contribution in [1.82, 2.24) is 24.8 Å². The van der Waals surface area contributed by atoms with Crippen molar-refractivity contribution in [3.8, 4) is 5.69 Å². The van der Waals surface area contributed by atoms with E-state index in [1.807, 2.05) is 36.7 Å². The monoisotopic (exact) mass is 393 g/mol. The molecule has 0 aromatic carbocycles. The third-order valence-electron chi connectivity index (χ3n) is 4.95. The fourth-order valence-electron chi connectivity index (χ4n) is 3.71. The number of hydrogen-bond acceptors (Lipinski definition) is 4. The highest BCUT2D eigenvalue weighted by atomic mass is 32.1. The summed E-state index contributed by atoms with van der Waals surface area (Å²) in [5, 5.41) is 4.24. The van der Waals surface area contributed by atoms with Crippen molar-refractivity contribution in [3.05, 3.63) is 78.6 Å². The average Bonchev–Trinajstić information content (AvgIpc) is 3.34. The lowest BCUT2D eigenvalue weighted by atomic mass is 10.0. The smallest absolute Gasteiger partial charge is 0.170 e. The Morgan fingerprint density at radius 1 is 1.14 bits per heavy atom. The van der Waals surface area contributed by atoms with Crippen LogP contribution in [0.15, 0.2) is 67.3 Å². The third kappa shape index (κ3) is 3.63. The summed E-state index contributed by atoms with van der Waals surface area (Å²) in [7, 11) is 1.72. The Morgan fingerprint density at radius 3 is 2.82 bits per heavy atom. The van der Waals surface area contributed by atoms with E-state index in [0.717, 1.165) is 35.2 Å². The Labute approximate surface area is 170 Å². The SMILES string of the molecule is COCCCN1C(=S)NC(c2ccccn2)C1c1cccn1-c1cccnc1. The maximum atomic E-state index is 5.70. The molecule has 0 bridgehead atoms. The van der Waals surface area contributed by atoms with Crippen LogP contribution in [0.5, 0.6) is 0 Å². The fraction of sp³-hybridized carbons (Fsp3) is 0.286. The molecule has 3 aromatic rings. The molecule has 3 aromatic heterocycles. The average molecular weight is 394 g/mol. The van der Waals surface area contributed by atoms with E-state index >= 15 is 0 Å². The van der Waals surface area contributed by atoms with Crippen molar-refractivity contribution in [3.63, 3.8) is 0 Å². The first kappa shape index (κ1) is 18.6. The zero-order valence-electron chi connectivity index (χ0n) is 15.7. The van der Waals surface area contributed by atoms with Gasteiger partial charge in [-0.2, -0.15) is 0 Å². The Hall–Kier alpha value is -2.77. The summed E-state index contributed by atoms with van der Waals surface area (Å²) in [5.74, 6) is 0. The van der Waals surface area contributed by atoms with Crippen LogP contribution in [-0.4, -0.2) is 44.8 Å². The summed E-state index contributed by atoms with van der Waals surface area (Å²) in [5.41, 5.74) is 3.15. The third-order valence-corrected chi connectivity index (χ3v) is 5.31. The highest BCUT2D eigenvalue weighted by molar-refractivity contribution is 7.80. The Bertz CT molecular complexity index is 915. The molecule has 2 atom stereocenters. The van der Waals surface area contributed by atoms with Gasteiger partial charge >= 0.3 is 0 Å². The largest absolute Gasteiger partial charge is 0.385 e. The number of hydrogen-bond donors (Lipinski definition) is 1. The second kappa shape index (κ2) is 8.50. The van der Waals surface area contributed by atoms with Gasteiger partial charge in [-0.1, -0.05) is 6.07 Å². The van der Waals surface area contributed by atoms with Crippen LogP contribution in [0.4, 0.5) is 0 Å². The molecule has 144 valence electrons. The van der Waals surface area contributed by atoms with E-state index in [2.05, 4.69) is 49.1 Å². The lowest BCUT2D eigenvalue weighted by Gasteiger charge is -2.28. The quantitative estimate of drug-likeness (QED) is 0.491. The number of nitrogens with zero attached hydrogens (tertiary/aromatic N) is 4. The topological polar surface area (TPSA) is 55.2 Å². The van der Waals surface area contributed by atoms with E-state index in [1.165, 1.54) is 0 Å². The summed E-state index contributed by atoms with van der Waals surface area (Å²) in [4.78, 5) is 11.1. The zero-order valence-corrected chi connectivity index (χ0v) is 16.5. The van der Waals surface area contributed by atoms with Gasteiger partial charge < -0.3 is 19.5 Å². The van der Waals surface area contributed by atoms with Crippen LogP contribution >= 0.6 is 12.2 Å². The van der Waals surface area contributed by atoms with Gasteiger partial charge in [-0.05, 0) is 55.0 Å². The molecule has 4 rings (SSSR count). The van der Waals surface area contributed by atoms with Crippen molar-refractivity contribution >= 4 is 17.3 Å². The van der Waals surface area contributed by atoms with Gasteiger partial charge in [-0.25, -0.2) is 0 Å². The molecule has 28 heavy (non-hydrogen) atoms. The number of pyridine rings is 2. The second-order valence-electron chi connectivity index (χ2n) is 6.68. The van der Waals surface area contributed by atoms with E-state index in [-0.39, 0.29) is 12.1 Å². The van der Waals surface area contributed by atoms with Crippen LogP contribution in [0.2, 0.25) is 0 Å². The van der Waals surface area contributed by atoms with Gasteiger partial charge in [-0.15, -0.1) is 0 Å². The van der Waals surface area contributed by atoms with Crippen LogP contribution in [-0.2, 0) is 4.74 Å². The molecule has 1 saturated heterocycles. The van der Waals surface area contributed by atoms with Gasteiger partial charge in [-0.3, -0.25) is 9.97 Å². The predicted molar refractivity (Wildman–Crippen MR) is 112 cm³/mol. The summed E-state index contributed by atoms with van der Waals surface area (Å²) in [6.07, 6.45) is 8.45. The molecule has 0 aliphatic carbocycles. The molecule has 1 aliphatic rings. The molecule has 2 unspecified atom stereocenters. The molecule has 1 fully saturated rings. The molecule has 0 amide bonds. The van der Waals surface area contributed by atoms with Crippen LogP contribution < -0.4 is 5.32 Å². The van der Waals surface area contributed by atoms with Crippen LogP contribution in [0, 0.1) is 0 Å². The van der Waals surface area contributed by atoms with Gasteiger partial charge in [0.1, 0.15) is 0 Å². The molecule has 0 spiro atoms. The highest BCUT2D eigenvalue weighted by Crippen LogP contribution is 2.39. The number of nitrogens with one attached hydrogen (secondary N) is 1. The molecular formula is C21H23N5OS. The number of aromatic nitrogens is 3. The molecule has 6 nitrogen and oxygen atoms in total. The first-order chi connectivity index (χ1) is 13.8. The Balaban J connectivity index is 1.75. The van der Waals surface area contributed by atoms with E-state index < -0.39 is 0 Å². The van der Waals surface area contributed by atoms with Gasteiger partial charge in [0.25, 0.3) is 0 Å². The van der Waals surface area contributed by atoms with Crippen molar-refractivity contribution in [1.29, 1.82) is 0 Å². The number of methoxy groups -OCH3 is 1. The minimum absolute atomic E-state index is 0.0227. The standard InChI is InChI=1S/C21H23N5OS/c1-27-14-6-13-26-20(19(24-21(26)28)17-8-2-3-11-23-17)18-9-5-12-25(18)16-7-4-10-22-15-16/h2-5,7-12,15,19-20H,6,13-14H2,1H3,(H,24,28). The summed E-state index contributed by atoms with van der Waals surface area (Å²) >= 11 is 5.70. The maximum Gasteiger partial charge on any atom is 0.170 e. The molecule has 7 heteroatoms. The summed E-state index contributed by atoms with van der Waals surface area (Å²) < 4.78 is 7.42. The molecule has 0 saturated carbocycles. The van der Waals surface area contributed by atoms with Crippen molar-refractivity contribution in [2.75, 3.05) is 20.3 Å². The summed E-state index contributed by atoms with van der Waals surface area (Å²) in [6, 6.07) is 14.2. The van der Waals surface area contributed by atoms with Crippen molar-refractivity contribution in [2.45, 2.75) is 18.5 Å². The lowest BCUT2D eigenvalue weighted by molar-refractivity contribution is 0.180. The van der Waals surface area contributed by atoms with Gasteiger partial charge in [0.15, 0.2) is 5.11 Å². The van der Waals surface area contributed by atoms with Gasteiger partial charge in [0.2, 0.25) is 0 Å². The lowest BCUT2D eigenvalue weighted by Crippen LogP contribution is -2.32.